The van der Waals surface area contributed by atoms with Gasteiger partial charge >= 0.3 is 0 Å². The first-order valence-corrected chi connectivity index (χ1v) is 5.50. The number of aromatic nitrogens is 1. The molecule has 16 heavy (non-hydrogen) atoms. The molecular formula is C12H14N2O2. The Morgan fingerprint density at radius 2 is 1.94 bits per heavy atom. The van der Waals surface area contributed by atoms with Crippen LogP contribution in [0.3, 0.4) is 0 Å². The number of nitrogens with zero attached hydrogens (tertiary/aromatic N) is 2. The van der Waals surface area contributed by atoms with Gasteiger partial charge < -0.3 is 0 Å². The van der Waals surface area contributed by atoms with Crippen molar-refractivity contribution in [2.24, 2.45) is 0 Å². The highest BCUT2D eigenvalue weighted by Gasteiger charge is 2.25. The van der Waals surface area contributed by atoms with E-state index in [1.165, 1.54) is 4.90 Å². The molecule has 84 valence electrons. The van der Waals surface area contributed by atoms with Gasteiger partial charge in [-0.2, -0.15) is 0 Å². The summed E-state index contributed by atoms with van der Waals surface area (Å²) in [4.78, 5) is 28.5. The Balaban J connectivity index is 1.94. The van der Waals surface area contributed by atoms with E-state index in [1.54, 1.807) is 6.20 Å². The molecule has 2 amide bonds. The molecule has 0 spiro atoms. The predicted octanol–water partition coefficient (Wildman–Crippen LogP) is 1.16. The number of piperidine rings is 1. The highest BCUT2D eigenvalue weighted by Crippen LogP contribution is 2.12. The second-order valence-corrected chi connectivity index (χ2v) is 3.86. The Labute approximate surface area is 94.3 Å². The number of likely N-dealkylation sites (tertiary alicyclic amines) is 1. The van der Waals surface area contributed by atoms with Crippen LogP contribution in [0.2, 0.25) is 0 Å². The molecule has 1 aromatic heterocycles. The van der Waals surface area contributed by atoms with E-state index in [1.807, 2.05) is 18.2 Å². The quantitative estimate of drug-likeness (QED) is 0.715. The number of carbonyl (C=O) groups excluding carboxylic acids is 2. The molecular weight excluding hydrogens is 204 g/mol. The van der Waals surface area contributed by atoms with E-state index in [2.05, 4.69) is 4.98 Å². The summed E-state index contributed by atoms with van der Waals surface area (Å²) in [5.41, 5.74) is 0.911. The van der Waals surface area contributed by atoms with Crippen LogP contribution in [0.4, 0.5) is 0 Å². The lowest BCUT2D eigenvalue weighted by Gasteiger charge is -2.24. The Kier molecular flexibility index (Phi) is 3.29. The lowest BCUT2D eigenvalue weighted by atomic mass is 10.1. The summed E-state index contributed by atoms with van der Waals surface area (Å²) < 4.78 is 0. The number of hydrogen-bond acceptors (Lipinski definition) is 3. The third kappa shape index (κ3) is 2.45. The summed E-state index contributed by atoms with van der Waals surface area (Å²) in [6, 6.07) is 5.65. The minimum atomic E-state index is -0.0489. The van der Waals surface area contributed by atoms with Crippen LogP contribution < -0.4 is 0 Å². The van der Waals surface area contributed by atoms with Gasteiger partial charge in [0.1, 0.15) is 0 Å². The maximum absolute atomic E-state index is 11.5. The van der Waals surface area contributed by atoms with E-state index in [0.717, 1.165) is 5.69 Å². The summed E-state index contributed by atoms with van der Waals surface area (Å²) in [5.74, 6) is -0.0978. The molecule has 0 aliphatic carbocycles. The normalized spacial score (nSPS) is 16.6. The van der Waals surface area contributed by atoms with Gasteiger partial charge in [0.2, 0.25) is 11.8 Å². The number of pyridine rings is 1. The largest absolute Gasteiger partial charge is 0.282 e. The maximum atomic E-state index is 11.5. The fraction of sp³-hybridized carbons (Fsp3) is 0.417. The van der Waals surface area contributed by atoms with Crippen LogP contribution in [0.25, 0.3) is 0 Å². The van der Waals surface area contributed by atoms with E-state index in [9.17, 15) is 9.59 Å². The van der Waals surface area contributed by atoms with Crippen molar-refractivity contribution in [3.8, 4) is 0 Å². The molecule has 2 rings (SSSR count). The van der Waals surface area contributed by atoms with Crippen LogP contribution in [-0.2, 0) is 16.0 Å². The summed E-state index contributed by atoms with van der Waals surface area (Å²) in [6.45, 7) is 0.453. The minimum absolute atomic E-state index is 0.0489. The summed E-state index contributed by atoms with van der Waals surface area (Å²) in [7, 11) is 0. The number of carbonyl (C=O) groups is 2. The zero-order valence-corrected chi connectivity index (χ0v) is 9.06. The average Bonchev–Trinajstić information content (AvgIpc) is 2.30. The molecule has 4 heteroatoms. The van der Waals surface area contributed by atoms with Crippen LogP contribution in [0.1, 0.15) is 25.0 Å². The van der Waals surface area contributed by atoms with Crippen LogP contribution in [0.15, 0.2) is 24.4 Å². The van der Waals surface area contributed by atoms with E-state index >= 15 is 0 Å². The molecule has 0 unspecified atom stereocenters. The summed E-state index contributed by atoms with van der Waals surface area (Å²) >= 11 is 0. The first-order chi connectivity index (χ1) is 7.77. The zero-order chi connectivity index (χ0) is 11.4. The van der Waals surface area contributed by atoms with Crippen molar-refractivity contribution in [2.75, 3.05) is 6.54 Å². The second kappa shape index (κ2) is 4.88. The molecule has 1 aromatic rings. The van der Waals surface area contributed by atoms with Crippen molar-refractivity contribution in [3.63, 3.8) is 0 Å². The van der Waals surface area contributed by atoms with Crippen LogP contribution in [0.5, 0.6) is 0 Å². The lowest BCUT2D eigenvalue weighted by molar-refractivity contribution is -0.147. The Bertz CT molecular complexity index is 373. The van der Waals surface area contributed by atoms with Gasteiger partial charge in [-0.25, -0.2) is 0 Å². The van der Waals surface area contributed by atoms with Gasteiger partial charge in [0.15, 0.2) is 0 Å². The average molecular weight is 218 g/mol. The van der Waals surface area contributed by atoms with E-state index in [-0.39, 0.29) is 11.8 Å². The molecule has 0 saturated carbocycles. The maximum Gasteiger partial charge on any atom is 0.229 e. The van der Waals surface area contributed by atoms with Crippen LogP contribution in [-0.4, -0.2) is 28.2 Å². The van der Waals surface area contributed by atoms with E-state index in [4.69, 9.17) is 0 Å². The Morgan fingerprint density at radius 3 is 2.56 bits per heavy atom. The zero-order valence-electron chi connectivity index (χ0n) is 9.06. The molecule has 2 heterocycles. The molecule has 1 saturated heterocycles. The van der Waals surface area contributed by atoms with Crippen molar-refractivity contribution in [2.45, 2.75) is 25.7 Å². The van der Waals surface area contributed by atoms with Gasteiger partial charge in [0.05, 0.1) is 0 Å². The van der Waals surface area contributed by atoms with E-state index < -0.39 is 0 Å². The monoisotopic (exact) mass is 218 g/mol. The van der Waals surface area contributed by atoms with Gasteiger partial charge in [-0.15, -0.1) is 0 Å². The predicted molar refractivity (Wildman–Crippen MR) is 58.5 cm³/mol. The molecule has 0 N–H and O–H groups in total. The first kappa shape index (κ1) is 10.8. The summed E-state index contributed by atoms with van der Waals surface area (Å²) in [5, 5.41) is 0. The number of rotatable bonds is 3. The van der Waals surface area contributed by atoms with E-state index in [0.29, 0.717) is 32.2 Å². The molecule has 1 aliphatic rings. The second-order valence-electron chi connectivity index (χ2n) is 3.86. The first-order valence-electron chi connectivity index (χ1n) is 5.50. The smallest absolute Gasteiger partial charge is 0.229 e. The van der Waals surface area contributed by atoms with Crippen LogP contribution in [0, 0.1) is 0 Å². The van der Waals surface area contributed by atoms with Crippen molar-refractivity contribution >= 4 is 11.8 Å². The SMILES string of the molecule is O=C1CCCC(=O)N1CCc1ccccn1. The minimum Gasteiger partial charge on any atom is -0.282 e. The summed E-state index contributed by atoms with van der Waals surface area (Å²) in [6.07, 6.45) is 4.03. The van der Waals surface area contributed by atoms with Gasteiger partial charge in [-0.3, -0.25) is 19.5 Å². The topological polar surface area (TPSA) is 50.3 Å². The van der Waals surface area contributed by atoms with Crippen molar-refractivity contribution in [3.05, 3.63) is 30.1 Å². The highest BCUT2D eigenvalue weighted by molar-refractivity contribution is 5.97. The molecule has 0 bridgehead atoms. The Morgan fingerprint density at radius 1 is 1.19 bits per heavy atom. The third-order valence-electron chi connectivity index (χ3n) is 2.70. The van der Waals surface area contributed by atoms with Gasteiger partial charge in [-0.1, -0.05) is 6.07 Å². The fourth-order valence-corrected chi connectivity index (χ4v) is 1.82. The Hall–Kier alpha value is -1.71. The fourth-order valence-electron chi connectivity index (χ4n) is 1.82. The number of hydrogen-bond donors (Lipinski definition) is 0. The molecule has 0 radical (unpaired) electrons. The number of amides is 2. The van der Waals surface area contributed by atoms with Crippen LogP contribution >= 0.6 is 0 Å². The van der Waals surface area contributed by atoms with Crippen molar-refractivity contribution in [1.82, 2.24) is 9.88 Å². The molecule has 0 aromatic carbocycles. The van der Waals surface area contributed by atoms with Crippen molar-refractivity contribution < 1.29 is 9.59 Å². The van der Waals surface area contributed by atoms with Gasteiger partial charge in [-0.05, 0) is 18.6 Å². The molecule has 1 aliphatic heterocycles. The molecule has 1 fully saturated rings. The molecule has 4 nitrogen and oxygen atoms in total. The van der Waals surface area contributed by atoms with Gasteiger partial charge in [0, 0.05) is 37.7 Å². The number of imide groups is 1. The van der Waals surface area contributed by atoms with Gasteiger partial charge in [0.25, 0.3) is 0 Å². The standard InChI is InChI=1S/C12H14N2O2/c15-11-5-3-6-12(16)14(11)9-7-10-4-1-2-8-13-10/h1-2,4,8H,3,5-7,9H2. The van der Waals surface area contributed by atoms with Crippen molar-refractivity contribution in [1.29, 1.82) is 0 Å². The highest BCUT2D eigenvalue weighted by atomic mass is 16.2. The third-order valence-corrected chi connectivity index (χ3v) is 2.70. The lowest BCUT2D eigenvalue weighted by Crippen LogP contribution is -2.41. The molecule has 0 atom stereocenters.